The van der Waals surface area contributed by atoms with Crippen LogP contribution in [0.3, 0.4) is 0 Å². The quantitative estimate of drug-likeness (QED) is 0.158. The number of benzene rings is 10. The molecule has 0 aliphatic carbocycles. The molecule has 0 saturated heterocycles. The standard InChI is InChI=1S/C58H37N3/c1-4-15-38(16-5-1)39-27-31-44(32-28-39)61-55-26-13-12-23-48(55)51-35-43(30-34-56(51)61)42-29-33-47-45-21-10-11-22-46(45)49-24-14-25-50(57(49)52(47)36-42)54-37-53(40-17-6-2-7-18-40)59-58(60-54)41-19-8-3-9-20-41/h1-37H. The lowest BCUT2D eigenvalue weighted by Crippen LogP contribution is -1.97. The number of fused-ring (bicyclic) bond motifs is 9. The third kappa shape index (κ3) is 5.90. The highest BCUT2D eigenvalue weighted by Gasteiger charge is 2.18. The van der Waals surface area contributed by atoms with E-state index in [1.54, 1.807) is 0 Å². The van der Waals surface area contributed by atoms with E-state index in [4.69, 9.17) is 9.97 Å². The minimum absolute atomic E-state index is 0.708. The van der Waals surface area contributed by atoms with Crippen molar-refractivity contribution < 1.29 is 0 Å². The molecule has 0 N–H and O–H groups in total. The number of hydrogen-bond acceptors (Lipinski definition) is 2. The summed E-state index contributed by atoms with van der Waals surface area (Å²) in [7, 11) is 0. The summed E-state index contributed by atoms with van der Waals surface area (Å²) in [6.07, 6.45) is 0. The van der Waals surface area contributed by atoms with Gasteiger partial charge < -0.3 is 4.57 Å². The van der Waals surface area contributed by atoms with Crippen LogP contribution in [-0.2, 0) is 0 Å². The largest absolute Gasteiger partial charge is 0.309 e. The molecule has 10 aromatic carbocycles. The van der Waals surface area contributed by atoms with Gasteiger partial charge in [-0.1, -0.05) is 182 Å². The molecule has 0 amide bonds. The molecule has 2 aromatic heterocycles. The molecular weight excluding hydrogens is 739 g/mol. The first-order valence-corrected chi connectivity index (χ1v) is 20.8. The van der Waals surface area contributed by atoms with E-state index >= 15 is 0 Å². The molecule has 0 aliphatic heterocycles. The molecule has 0 atom stereocenters. The Morgan fingerprint density at radius 3 is 1.52 bits per heavy atom. The van der Waals surface area contributed by atoms with Gasteiger partial charge in [0, 0.05) is 33.2 Å². The normalized spacial score (nSPS) is 11.6. The summed E-state index contributed by atoms with van der Waals surface area (Å²) in [5, 5.41) is 9.74. The third-order valence-corrected chi connectivity index (χ3v) is 12.2. The van der Waals surface area contributed by atoms with E-state index in [2.05, 4.69) is 205 Å². The molecule has 0 saturated carbocycles. The van der Waals surface area contributed by atoms with Crippen molar-refractivity contribution in [3.63, 3.8) is 0 Å². The predicted octanol–water partition coefficient (Wildman–Crippen LogP) is 15.4. The second kappa shape index (κ2) is 14.3. The molecule has 0 radical (unpaired) electrons. The Hall–Kier alpha value is -8.14. The van der Waals surface area contributed by atoms with Crippen LogP contribution in [-0.4, -0.2) is 14.5 Å². The number of para-hydroxylation sites is 1. The summed E-state index contributed by atoms with van der Waals surface area (Å²) in [4.78, 5) is 10.4. The minimum Gasteiger partial charge on any atom is -0.309 e. The summed E-state index contributed by atoms with van der Waals surface area (Å²) < 4.78 is 2.39. The van der Waals surface area contributed by atoms with Crippen molar-refractivity contribution in [2.45, 2.75) is 0 Å². The Morgan fingerprint density at radius 1 is 0.279 bits per heavy atom. The lowest BCUT2D eigenvalue weighted by molar-refractivity contribution is 1.18. The van der Waals surface area contributed by atoms with Gasteiger partial charge in [0.25, 0.3) is 0 Å². The van der Waals surface area contributed by atoms with E-state index in [9.17, 15) is 0 Å². The van der Waals surface area contributed by atoms with E-state index in [0.29, 0.717) is 5.82 Å². The zero-order chi connectivity index (χ0) is 40.3. The molecule has 12 aromatic rings. The van der Waals surface area contributed by atoms with Gasteiger partial charge in [0.15, 0.2) is 5.82 Å². The first-order chi connectivity index (χ1) is 30.2. The predicted molar refractivity (Wildman–Crippen MR) is 256 cm³/mol. The van der Waals surface area contributed by atoms with E-state index in [1.165, 1.54) is 76.4 Å². The molecule has 0 unspecified atom stereocenters. The van der Waals surface area contributed by atoms with Crippen molar-refractivity contribution in [3.05, 3.63) is 224 Å². The molecule has 61 heavy (non-hydrogen) atoms. The maximum Gasteiger partial charge on any atom is 0.160 e. The first-order valence-electron chi connectivity index (χ1n) is 20.8. The van der Waals surface area contributed by atoms with Gasteiger partial charge in [-0.2, -0.15) is 0 Å². The number of hydrogen-bond donors (Lipinski definition) is 0. The monoisotopic (exact) mass is 775 g/mol. The highest BCUT2D eigenvalue weighted by Crippen LogP contribution is 2.43. The van der Waals surface area contributed by atoms with Crippen LogP contribution < -0.4 is 0 Å². The minimum atomic E-state index is 0.708. The maximum atomic E-state index is 5.31. The van der Waals surface area contributed by atoms with E-state index in [0.717, 1.165) is 33.8 Å². The molecule has 0 fully saturated rings. The number of nitrogens with zero attached hydrogens (tertiary/aromatic N) is 3. The van der Waals surface area contributed by atoms with Gasteiger partial charge in [-0.25, -0.2) is 9.97 Å². The van der Waals surface area contributed by atoms with E-state index < -0.39 is 0 Å². The summed E-state index contributed by atoms with van der Waals surface area (Å²) in [5.41, 5.74) is 13.2. The fraction of sp³-hybridized carbons (Fsp3) is 0. The summed E-state index contributed by atoms with van der Waals surface area (Å²) in [6, 6.07) is 80.5. The molecule has 12 rings (SSSR count). The molecule has 0 aliphatic rings. The molecule has 0 bridgehead atoms. The van der Waals surface area contributed by atoms with Crippen LogP contribution in [0.1, 0.15) is 0 Å². The second-order valence-electron chi connectivity index (χ2n) is 15.7. The topological polar surface area (TPSA) is 30.7 Å². The van der Waals surface area contributed by atoms with Gasteiger partial charge in [0.05, 0.1) is 22.4 Å². The Morgan fingerprint density at radius 2 is 0.787 bits per heavy atom. The molecule has 284 valence electrons. The van der Waals surface area contributed by atoms with Crippen molar-refractivity contribution in [2.24, 2.45) is 0 Å². The van der Waals surface area contributed by atoms with Gasteiger partial charge in [-0.3, -0.25) is 0 Å². The van der Waals surface area contributed by atoms with Crippen molar-refractivity contribution in [1.82, 2.24) is 14.5 Å². The summed E-state index contributed by atoms with van der Waals surface area (Å²) in [6.45, 7) is 0. The molecular formula is C58H37N3. The second-order valence-corrected chi connectivity index (χ2v) is 15.7. The average Bonchev–Trinajstić information content (AvgIpc) is 3.68. The lowest BCUT2D eigenvalue weighted by Gasteiger charge is -2.16. The van der Waals surface area contributed by atoms with Crippen molar-refractivity contribution in [1.29, 1.82) is 0 Å². The highest BCUT2D eigenvalue weighted by molar-refractivity contribution is 6.29. The fourth-order valence-corrected chi connectivity index (χ4v) is 9.32. The Kier molecular flexibility index (Phi) is 8.17. The number of aromatic nitrogens is 3. The Balaban J connectivity index is 1.06. The van der Waals surface area contributed by atoms with Crippen LogP contribution in [0.4, 0.5) is 0 Å². The van der Waals surface area contributed by atoms with Gasteiger partial charge in [0.2, 0.25) is 0 Å². The molecule has 3 nitrogen and oxygen atoms in total. The van der Waals surface area contributed by atoms with E-state index in [1.807, 2.05) is 24.3 Å². The van der Waals surface area contributed by atoms with Crippen LogP contribution in [0.25, 0.3) is 116 Å². The van der Waals surface area contributed by atoms with Crippen LogP contribution >= 0.6 is 0 Å². The first kappa shape index (κ1) is 34.9. The van der Waals surface area contributed by atoms with Crippen molar-refractivity contribution in [2.75, 3.05) is 0 Å². The van der Waals surface area contributed by atoms with Gasteiger partial charge in [0.1, 0.15) is 0 Å². The van der Waals surface area contributed by atoms with Crippen molar-refractivity contribution in [3.8, 4) is 61.8 Å². The summed E-state index contributed by atoms with van der Waals surface area (Å²) in [5.74, 6) is 0.708. The zero-order valence-corrected chi connectivity index (χ0v) is 33.2. The van der Waals surface area contributed by atoms with Gasteiger partial charge in [-0.05, 0) is 97.0 Å². The van der Waals surface area contributed by atoms with Crippen LogP contribution in [0, 0.1) is 0 Å². The van der Waals surface area contributed by atoms with Crippen LogP contribution in [0.5, 0.6) is 0 Å². The molecule has 2 heterocycles. The van der Waals surface area contributed by atoms with Crippen LogP contribution in [0.15, 0.2) is 224 Å². The van der Waals surface area contributed by atoms with Gasteiger partial charge in [-0.15, -0.1) is 0 Å². The van der Waals surface area contributed by atoms with Crippen LogP contribution in [0.2, 0.25) is 0 Å². The number of rotatable bonds is 6. The Labute approximate surface area is 353 Å². The maximum absolute atomic E-state index is 5.31. The third-order valence-electron chi connectivity index (χ3n) is 12.2. The Bertz CT molecular complexity index is 3550. The SMILES string of the molecule is c1ccc(-c2ccc(-n3c4ccccc4c4cc(-c5ccc6c7ccccc7c7cccc(-c8cc(-c9ccccc9)nc(-c9ccccc9)n8)c7c6c5)ccc43)cc2)cc1. The molecule has 0 spiro atoms. The lowest BCUT2D eigenvalue weighted by atomic mass is 9.89. The highest BCUT2D eigenvalue weighted by atomic mass is 15.0. The summed E-state index contributed by atoms with van der Waals surface area (Å²) >= 11 is 0. The van der Waals surface area contributed by atoms with Crippen molar-refractivity contribution >= 4 is 54.1 Å². The van der Waals surface area contributed by atoms with E-state index in [-0.39, 0.29) is 0 Å². The van der Waals surface area contributed by atoms with Gasteiger partial charge >= 0.3 is 0 Å². The fourth-order valence-electron chi connectivity index (χ4n) is 9.32. The smallest absolute Gasteiger partial charge is 0.160 e. The zero-order valence-electron chi connectivity index (χ0n) is 33.2. The molecule has 3 heteroatoms. The average molecular weight is 776 g/mol.